The van der Waals surface area contributed by atoms with Crippen LogP contribution in [-0.4, -0.2) is 36.6 Å². The average molecular weight is 306 g/mol. The van der Waals surface area contributed by atoms with E-state index in [2.05, 4.69) is 15.2 Å². The Morgan fingerprint density at radius 1 is 1.48 bits per heavy atom. The summed E-state index contributed by atoms with van der Waals surface area (Å²) in [5.41, 5.74) is 0.968. The molecular formula is C16H20ClN3O. The molecule has 1 aliphatic rings. The second-order valence-electron chi connectivity index (χ2n) is 5.58. The minimum Gasteiger partial charge on any atom is -0.439 e. The number of rotatable bonds is 5. The van der Waals surface area contributed by atoms with Gasteiger partial charge in [0.1, 0.15) is 0 Å². The summed E-state index contributed by atoms with van der Waals surface area (Å²) >= 11 is 6.01. The Morgan fingerprint density at radius 2 is 2.38 bits per heavy atom. The first kappa shape index (κ1) is 14.6. The minimum absolute atomic E-state index is 0.708. The lowest BCUT2D eigenvalue weighted by Crippen LogP contribution is -2.24. The van der Waals surface area contributed by atoms with Crippen LogP contribution in [0.3, 0.4) is 0 Å². The summed E-state index contributed by atoms with van der Waals surface area (Å²) in [7, 11) is 2.01. The number of likely N-dealkylation sites (tertiary alicyclic amines) is 1. The van der Waals surface area contributed by atoms with Crippen molar-refractivity contribution in [1.82, 2.24) is 15.2 Å². The maximum Gasteiger partial charge on any atom is 0.209 e. The first-order chi connectivity index (χ1) is 10.2. The normalized spacial score (nSPS) is 19.2. The van der Waals surface area contributed by atoms with Crippen molar-refractivity contribution in [2.45, 2.75) is 13.0 Å². The zero-order chi connectivity index (χ0) is 14.7. The highest BCUT2D eigenvalue weighted by molar-refractivity contribution is 6.30. The molecule has 0 amide bonds. The van der Waals surface area contributed by atoms with Crippen molar-refractivity contribution in [1.29, 1.82) is 0 Å². The summed E-state index contributed by atoms with van der Waals surface area (Å²) in [6, 6.07) is 7.65. The molecule has 1 atom stereocenters. The average Bonchev–Trinajstić information content (AvgIpc) is 3.10. The lowest BCUT2D eigenvalue weighted by molar-refractivity contribution is 0.281. The molecule has 2 heterocycles. The Hall–Kier alpha value is -1.36. The SMILES string of the molecule is CNCC1CCN(Cc2ncc(-c3cccc(Cl)c3)o2)C1. The van der Waals surface area contributed by atoms with Crippen molar-refractivity contribution in [3.63, 3.8) is 0 Å². The van der Waals surface area contributed by atoms with E-state index in [0.29, 0.717) is 5.02 Å². The van der Waals surface area contributed by atoms with Crippen LogP contribution in [0.2, 0.25) is 5.02 Å². The molecule has 5 heteroatoms. The van der Waals surface area contributed by atoms with Crippen molar-refractivity contribution in [3.05, 3.63) is 41.4 Å². The monoisotopic (exact) mass is 305 g/mol. The van der Waals surface area contributed by atoms with Gasteiger partial charge in [0.15, 0.2) is 5.76 Å². The molecule has 0 radical (unpaired) electrons. The zero-order valence-electron chi connectivity index (χ0n) is 12.2. The Bertz CT molecular complexity index is 599. The first-order valence-electron chi connectivity index (χ1n) is 7.32. The molecule has 3 rings (SSSR count). The van der Waals surface area contributed by atoms with Gasteiger partial charge in [-0.25, -0.2) is 4.98 Å². The minimum atomic E-state index is 0.708. The Labute approximate surface area is 130 Å². The molecule has 0 aliphatic carbocycles. The third-order valence-corrected chi connectivity index (χ3v) is 4.12. The van der Waals surface area contributed by atoms with Crippen LogP contribution in [0.5, 0.6) is 0 Å². The molecule has 1 aliphatic heterocycles. The number of nitrogens with zero attached hydrogens (tertiary/aromatic N) is 2. The molecule has 0 bridgehead atoms. The van der Waals surface area contributed by atoms with Gasteiger partial charge in [-0.2, -0.15) is 0 Å². The van der Waals surface area contributed by atoms with Gasteiger partial charge in [0, 0.05) is 17.1 Å². The smallest absolute Gasteiger partial charge is 0.209 e. The molecule has 1 unspecified atom stereocenters. The molecular weight excluding hydrogens is 286 g/mol. The van der Waals surface area contributed by atoms with E-state index in [1.807, 2.05) is 31.3 Å². The summed E-state index contributed by atoms with van der Waals surface area (Å²) in [6.45, 7) is 4.08. The predicted octanol–water partition coefficient (Wildman–Crippen LogP) is 3.04. The lowest BCUT2D eigenvalue weighted by atomic mass is 10.1. The standard InChI is InChI=1S/C16H20ClN3O/c1-18-8-12-5-6-20(10-12)11-16-19-9-15(21-16)13-3-2-4-14(17)7-13/h2-4,7,9,12,18H,5-6,8,10-11H2,1H3. The molecule has 1 aromatic heterocycles. The lowest BCUT2D eigenvalue weighted by Gasteiger charge is -2.13. The number of nitrogens with one attached hydrogen (secondary N) is 1. The van der Waals surface area contributed by atoms with Gasteiger partial charge in [-0.3, -0.25) is 4.90 Å². The van der Waals surface area contributed by atoms with Gasteiger partial charge in [0.25, 0.3) is 0 Å². The van der Waals surface area contributed by atoms with Gasteiger partial charge >= 0.3 is 0 Å². The van der Waals surface area contributed by atoms with Crippen molar-refractivity contribution in [2.24, 2.45) is 5.92 Å². The molecule has 1 saturated heterocycles. The van der Waals surface area contributed by atoms with Gasteiger partial charge in [0.05, 0.1) is 12.7 Å². The van der Waals surface area contributed by atoms with Crippen LogP contribution < -0.4 is 5.32 Å². The van der Waals surface area contributed by atoms with Crippen LogP contribution in [-0.2, 0) is 6.54 Å². The number of halogens is 1. The summed E-state index contributed by atoms with van der Waals surface area (Å²) in [6.07, 6.45) is 3.02. The van der Waals surface area contributed by atoms with E-state index in [1.165, 1.54) is 6.42 Å². The predicted molar refractivity (Wildman–Crippen MR) is 84.3 cm³/mol. The summed E-state index contributed by atoms with van der Waals surface area (Å²) in [4.78, 5) is 6.79. The summed E-state index contributed by atoms with van der Waals surface area (Å²) < 4.78 is 5.85. The maximum atomic E-state index is 6.01. The van der Waals surface area contributed by atoms with Crippen LogP contribution in [0.15, 0.2) is 34.9 Å². The Balaban J connectivity index is 1.63. The van der Waals surface area contributed by atoms with Crippen molar-refractivity contribution in [3.8, 4) is 11.3 Å². The van der Waals surface area contributed by atoms with E-state index in [-0.39, 0.29) is 0 Å². The maximum absolute atomic E-state index is 6.01. The second-order valence-corrected chi connectivity index (χ2v) is 6.01. The van der Waals surface area contributed by atoms with Gasteiger partial charge in [-0.1, -0.05) is 23.7 Å². The highest BCUT2D eigenvalue weighted by Crippen LogP contribution is 2.25. The zero-order valence-corrected chi connectivity index (χ0v) is 12.9. The number of aromatic nitrogens is 1. The fourth-order valence-electron chi connectivity index (χ4n) is 2.86. The van der Waals surface area contributed by atoms with Crippen molar-refractivity contribution in [2.75, 3.05) is 26.7 Å². The van der Waals surface area contributed by atoms with Gasteiger partial charge in [-0.05, 0) is 44.6 Å². The van der Waals surface area contributed by atoms with Gasteiger partial charge in [0.2, 0.25) is 5.89 Å². The summed E-state index contributed by atoms with van der Waals surface area (Å²) in [5, 5.41) is 3.95. The summed E-state index contributed by atoms with van der Waals surface area (Å²) in [5.74, 6) is 2.28. The Kier molecular flexibility index (Phi) is 4.58. The van der Waals surface area contributed by atoms with E-state index in [1.54, 1.807) is 6.20 Å². The molecule has 2 aromatic rings. The highest BCUT2D eigenvalue weighted by Gasteiger charge is 2.23. The number of benzene rings is 1. The fraction of sp³-hybridized carbons (Fsp3) is 0.438. The van der Waals surface area contributed by atoms with E-state index >= 15 is 0 Å². The highest BCUT2D eigenvalue weighted by atomic mass is 35.5. The van der Waals surface area contributed by atoms with E-state index in [0.717, 1.165) is 49.3 Å². The van der Waals surface area contributed by atoms with Crippen LogP contribution in [0.25, 0.3) is 11.3 Å². The quantitative estimate of drug-likeness (QED) is 0.922. The molecule has 4 nitrogen and oxygen atoms in total. The fourth-order valence-corrected chi connectivity index (χ4v) is 3.05. The molecule has 1 N–H and O–H groups in total. The second kappa shape index (κ2) is 6.60. The Morgan fingerprint density at radius 3 is 3.19 bits per heavy atom. The molecule has 0 saturated carbocycles. The third-order valence-electron chi connectivity index (χ3n) is 3.88. The van der Waals surface area contributed by atoms with Crippen molar-refractivity contribution >= 4 is 11.6 Å². The van der Waals surface area contributed by atoms with Gasteiger partial charge < -0.3 is 9.73 Å². The van der Waals surface area contributed by atoms with Crippen LogP contribution in [0.1, 0.15) is 12.3 Å². The molecule has 21 heavy (non-hydrogen) atoms. The third kappa shape index (κ3) is 3.64. The number of oxazole rings is 1. The number of hydrogen-bond donors (Lipinski definition) is 1. The van der Waals surface area contributed by atoms with Crippen LogP contribution >= 0.6 is 11.6 Å². The van der Waals surface area contributed by atoms with Gasteiger partial charge in [-0.15, -0.1) is 0 Å². The largest absolute Gasteiger partial charge is 0.439 e. The van der Waals surface area contributed by atoms with Crippen LogP contribution in [0, 0.1) is 5.92 Å². The molecule has 112 valence electrons. The van der Waals surface area contributed by atoms with E-state index < -0.39 is 0 Å². The number of hydrogen-bond acceptors (Lipinski definition) is 4. The molecule has 0 spiro atoms. The van der Waals surface area contributed by atoms with E-state index in [9.17, 15) is 0 Å². The molecule has 1 fully saturated rings. The van der Waals surface area contributed by atoms with Crippen molar-refractivity contribution < 1.29 is 4.42 Å². The van der Waals surface area contributed by atoms with E-state index in [4.69, 9.17) is 16.0 Å². The first-order valence-corrected chi connectivity index (χ1v) is 7.70. The van der Waals surface area contributed by atoms with Crippen LogP contribution in [0.4, 0.5) is 0 Å². The molecule has 1 aromatic carbocycles. The topological polar surface area (TPSA) is 41.3 Å².